The second-order valence-corrected chi connectivity index (χ2v) is 5.21. The Balaban J connectivity index is 1.85. The zero-order valence-electron chi connectivity index (χ0n) is 10.7. The van der Waals surface area contributed by atoms with Crippen LogP contribution < -0.4 is 5.73 Å². The summed E-state index contributed by atoms with van der Waals surface area (Å²) in [6.07, 6.45) is 1.94. The lowest BCUT2D eigenvalue weighted by Gasteiger charge is -2.06. The number of hydrogen-bond acceptors (Lipinski definition) is 4. The number of hydrogen-bond donors (Lipinski definition) is 2. The van der Waals surface area contributed by atoms with Crippen molar-refractivity contribution in [2.24, 2.45) is 5.73 Å². The minimum absolute atomic E-state index is 0.0901. The molecule has 0 amide bonds. The molecule has 3 aromatic rings. The monoisotopic (exact) mass is 283 g/mol. The molecular weight excluding hydrogens is 270 g/mol. The van der Waals surface area contributed by atoms with Crippen LogP contribution in [0.25, 0.3) is 5.65 Å². The van der Waals surface area contributed by atoms with Gasteiger partial charge in [-0.25, -0.2) is 0 Å². The number of pyridine rings is 1. The molecular formula is C14H13N5S. The molecule has 2 aromatic heterocycles. The van der Waals surface area contributed by atoms with E-state index in [1.54, 1.807) is 11.8 Å². The van der Waals surface area contributed by atoms with Gasteiger partial charge in [0, 0.05) is 17.5 Å². The van der Waals surface area contributed by atoms with Gasteiger partial charge < -0.3 is 5.73 Å². The Hall–Kier alpha value is -2.34. The van der Waals surface area contributed by atoms with E-state index in [-0.39, 0.29) is 5.84 Å². The first kappa shape index (κ1) is 12.7. The van der Waals surface area contributed by atoms with Crippen LogP contribution in [0.3, 0.4) is 0 Å². The molecule has 100 valence electrons. The van der Waals surface area contributed by atoms with Gasteiger partial charge in [0.25, 0.3) is 0 Å². The molecule has 0 radical (unpaired) electrons. The van der Waals surface area contributed by atoms with Crippen molar-refractivity contribution >= 4 is 23.2 Å². The summed E-state index contributed by atoms with van der Waals surface area (Å²) in [5.41, 5.74) is 8.22. The largest absolute Gasteiger partial charge is 0.384 e. The Bertz CT molecular complexity index is 765. The van der Waals surface area contributed by atoms with Crippen molar-refractivity contribution in [1.82, 2.24) is 14.6 Å². The lowest BCUT2D eigenvalue weighted by Crippen LogP contribution is -2.13. The Morgan fingerprint density at radius 2 is 1.95 bits per heavy atom. The number of rotatable bonds is 4. The van der Waals surface area contributed by atoms with Crippen LogP contribution in [-0.2, 0) is 5.75 Å². The van der Waals surface area contributed by atoms with Crippen LogP contribution in [0.15, 0.2) is 53.8 Å². The summed E-state index contributed by atoms with van der Waals surface area (Å²) in [4.78, 5) is 0. The third-order valence-electron chi connectivity index (χ3n) is 2.95. The third kappa shape index (κ3) is 2.37. The van der Waals surface area contributed by atoms with Crippen LogP contribution in [-0.4, -0.2) is 20.4 Å². The number of thioether (sulfide) groups is 1. The smallest absolute Gasteiger partial charge is 0.195 e. The normalized spacial score (nSPS) is 10.8. The van der Waals surface area contributed by atoms with E-state index < -0.39 is 0 Å². The number of nitrogens with zero attached hydrogens (tertiary/aromatic N) is 3. The van der Waals surface area contributed by atoms with Crippen molar-refractivity contribution in [2.45, 2.75) is 10.9 Å². The summed E-state index contributed by atoms with van der Waals surface area (Å²) in [6.45, 7) is 0. The summed E-state index contributed by atoms with van der Waals surface area (Å²) in [5, 5.41) is 16.7. The molecule has 0 aliphatic heterocycles. The van der Waals surface area contributed by atoms with E-state index in [2.05, 4.69) is 10.2 Å². The van der Waals surface area contributed by atoms with Gasteiger partial charge in [0.15, 0.2) is 10.8 Å². The van der Waals surface area contributed by atoms with E-state index >= 15 is 0 Å². The number of benzene rings is 1. The molecule has 5 nitrogen and oxygen atoms in total. The molecule has 0 aliphatic carbocycles. The number of nitrogens with one attached hydrogen (secondary N) is 1. The molecule has 1 aromatic carbocycles. The zero-order chi connectivity index (χ0) is 13.9. The highest BCUT2D eigenvalue weighted by atomic mass is 32.2. The number of nitrogen functional groups attached to an aromatic ring is 1. The second-order valence-electron chi connectivity index (χ2n) is 4.27. The number of fused-ring (bicyclic) bond motifs is 1. The first-order valence-electron chi connectivity index (χ1n) is 6.10. The standard InChI is InChI=1S/C14H13N5S/c15-13(16)11-6-2-1-5-10(11)9-20-14-18-17-12-7-3-4-8-19(12)14/h1-8H,9H2,(H3,15,16). The summed E-state index contributed by atoms with van der Waals surface area (Å²) in [7, 11) is 0. The molecule has 0 unspecified atom stereocenters. The van der Waals surface area contributed by atoms with E-state index in [1.165, 1.54) is 0 Å². The zero-order valence-corrected chi connectivity index (χ0v) is 11.5. The van der Waals surface area contributed by atoms with Gasteiger partial charge >= 0.3 is 0 Å². The fourth-order valence-corrected chi connectivity index (χ4v) is 2.90. The van der Waals surface area contributed by atoms with Crippen LogP contribution >= 0.6 is 11.8 Å². The second kappa shape index (κ2) is 5.34. The van der Waals surface area contributed by atoms with Crippen molar-refractivity contribution in [3.8, 4) is 0 Å². The molecule has 0 saturated carbocycles. The maximum atomic E-state index is 7.60. The summed E-state index contributed by atoms with van der Waals surface area (Å²) in [6, 6.07) is 13.5. The SMILES string of the molecule is N=C(N)c1ccccc1CSc1nnc2ccccn12. The topological polar surface area (TPSA) is 80.1 Å². The van der Waals surface area contributed by atoms with Gasteiger partial charge in [-0.05, 0) is 17.7 Å². The fourth-order valence-electron chi connectivity index (χ4n) is 1.97. The number of nitrogens with two attached hydrogens (primary N) is 1. The van der Waals surface area contributed by atoms with Gasteiger partial charge in [-0.2, -0.15) is 0 Å². The Morgan fingerprint density at radius 1 is 1.15 bits per heavy atom. The lowest BCUT2D eigenvalue weighted by molar-refractivity contribution is 0.921. The van der Waals surface area contributed by atoms with Crippen LogP contribution in [0.2, 0.25) is 0 Å². The third-order valence-corrected chi connectivity index (χ3v) is 3.94. The highest BCUT2D eigenvalue weighted by Gasteiger charge is 2.08. The summed E-state index contributed by atoms with van der Waals surface area (Å²) in [5.74, 6) is 0.790. The molecule has 0 saturated heterocycles. The molecule has 2 heterocycles. The van der Waals surface area contributed by atoms with Crippen LogP contribution in [0.5, 0.6) is 0 Å². The fraction of sp³-hybridized carbons (Fsp3) is 0.0714. The Kier molecular flexibility index (Phi) is 3.39. The van der Waals surface area contributed by atoms with Crippen molar-refractivity contribution in [3.63, 3.8) is 0 Å². The van der Waals surface area contributed by atoms with E-state index in [1.807, 2.05) is 53.1 Å². The van der Waals surface area contributed by atoms with Gasteiger partial charge in [-0.3, -0.25) is 9.81 Å². The van der Waals surface area contributed by atoms with E-state index in [4.69, 9.17) is 11.1 Å². The molecule has 0 aliphatic rings. The first-order valence-corrected chi connectivity index (χ1v) is 7.09. The highest BCUT2D eigenvalue weighted by Crippen LogP contribution is 2.23. The quantitative estimate of drug-likeness (QED) is 0.437. The van der Waals surface area contributed by atoms with Crippen LogP contribution in [0.4, 0.5) is 0 Å². The van der Waals surface area contributed by atoms with Gasteiger partial charge in [-0.1, -0.05) is 42.1 Å². The average molecular weight is 283 g/mol. The van der Waals surface area contributed by atoms with Crippen LogP contribution in [0, 0.1) is 5.41 Å². The molecule has 0 fully saturated rings. The molecule has 20 heavy (non-hydrogen) atoms. The summed E-state index contributed by atoms with van der Waals surface area (Å²) < 4.78 is 1.95. The number of aromatic nitrogens is 3. The van der Waals surface area contributed by atoms with Gasteiger partial charge in [0.2, 0.25) is 0 Å². The predicted molar refractivity (Wildman–Crippen MR) is 80.0 cm³/mol. The Labute approximate surface area is 120 Å². The van der Waals surface area contributed by atoms with Crippen molar-refractivity contribution in [3.05, 3.63) is 59.8 Å². The van der Waals surface area contributed by atoms with Crippen molar-refractivity contribution in [1.29, 1.82) is 5.41 Å². The van der Waals surface area contributed by atoms with Gasteiger partial charge in [0.05, 0.1) is 0 Å². The number of amidine groups is 1. The Morgan fingerprint density at radius 3 is 2.80 bits per heavy atom. The maximum Gasteiger partial charge on any atom is 0.195 e. The highest BCUT2D eigenvalue weighted by molar-refractivity contribution is 7.98. The molecule has 0 atom stereocenters. The minimum Gasteiger partial charge on any atom is -0.384 e. The molecule has 3 N–H and O–H groups in total. The van der Waals surface area contributed by atoms with Crippen molar-refractivity contribution in [2.75, 3.05) is 0 Å². The molecule has 0 spiro atoms. The molecule has 0 bridgehead atoms. The van der Waals surface area contributed by atoms with Gasteiger partial charge in [-0.15, -0.1) is 10.2 Å². The minimum atomic E-state index is 0.0901. The summed E-state index contributed by atoms with van der Waals surface area (Å²) >= 11 is 1.58. The van der Waals surface area contributed by atoms with E-state index in [0.29, 0.717) is 5.75 Å². The van der Waals surface area contributed by atoms with E-state index in [9.17, 15) is 0 Å². The van der Waals surface area contributed by atoms with Crippen LogP contribution in [0.1, 0.15) is 11.1 Å². The van der Waals surface area contributed by atoms with E-state index in [0.717, 1.165) is 21.9 Å². The maximum absolute atomic E-state index is 7.60. The van der Waals surface area contributed by atoms with Crippen molar-refractivity contribution < 1.29 is 0 Å². The molecule has 3 rings (SSSR count). The lowest BCUT2D eigenvalue weighted by atomic mass is 10.1. The average Bonchev–Trinajstić information content (AvgIpc) is 2.88. The molecule has 6 heteroatoms. The van der Waals surface area contributed by atoms with Gasteiger partial charge in [0.1, 0.15) is 5.84 Å². The predicted octanol–water partition coefficient (Wildman–Crippen LogP) is 2.31. The first-order chi connectivity index (χ1) is 9.75.